The number of hydrogen-bond donors (Lipinski definition) is 2. The van der Waals surface area contributed by atoms with Crippen molar-refractivity contribution in [1.29, 1.82) is 0 Å². The van der Waals surface area contributed by atoms with E-state index >= 15 is 0 Å². The number of nitrogens with zero attached hydrogens (tertiary/aromatic N) is 2. The average molecular weight is 424 g/mol. The van der Waals surface area contributed by atoms with E-state index in [9.17, 15) is 25.1 Å². The van der Waals surface area contributed by atoms with Crippen molar-refractivity contribution >= 4 is 23.1 Å². The lowest BCUT2D eigenvalue weighted by Crippen LogP contribution is -2.24. The fourth-order valence-corrected chi connectivity index (χ4v) is 3.62. The zero-order valence-electron chi connectivity index (χ0n) is 17.4. The molecule has 31 heavy (non-hydrogen) atoms. The minimum atomic E-state index is -0.563. The summed E-state index contributed by atoms with van der Waals surface area (Å²) in [5.41, 5.74) is 1.83. The third kappa shape index (κ3) is 4.65. The van der Waals surface area contributed by atoms with Gasteiger partial charge in [0.05, 0.1) is 24.2 Å². The van der Waals surface area contributed by atoms with Crippen molar-refractivity contribution in [1.82, 2.24) is 4.90 Å². The maximum absolute atomic E-state index is 13.0. The molecule has 0 unspecified atom stereocenters. The van der Waals surface area contributed by atoms with E-state index in [0.717, 1.165) is 12.1 Å². The normalized spacial score (nSPS) is 14.5. The molecule has 162 valence electrons. The first-order valence-electron chi connectivity index (χ1n) is 9.74. The van der Waals surface area contributed by atoms with Gasteiger partial charge in [-0.05, 0) is 48.9 Å². The molecule has 0 spiro atoms. The number of ether oxygens (including phenoxy) is 1. The van der Waals surface area contributed by atoms with E-state index in [2.05, 4.69) is 4.90 Å². The molecule has 1 heterocycles. The molecule has 2 aromatic carbocycles. The number of phenols is 1. The molecule has 3 rings (SSSR count). The number of rotatable bonds is 7. The number of aliphatic hydroxyl groups is 1. The Bertz CT molecular complexity index is 1070. The molecule has 8 heteroatoms. The van der Waals surface area contributed by atoms with Crippen LogP contribution in [0.25, 0.3) is 11.6 Å². The number of aromatic hydroxyl groups is 1. The highest BCUT2D eigenvalue weighted by atomic mass is 16.6. The van der Waals surface area contributed by atoms with Crippen LogP contribution in [0, 0.1) is 10.1 Å². The van der Waals surface area contributed by atoms with E-state index in [0.29, 0.717) is 24.1 Å². The van der Waals surface area contributed by atoms with Gasteiger partial charge in [0.2, 0.25) is 0 Å². The number of carbonyl (C=O) groups excluding carboxylic acids is 1. The van der Waals surface area contributed by atoms with Gasteiger partial charge in [-0.15, -0.1) is 0 Å². The number of nitro groups is 1. The molecule has 8 nitrogen and oxygen atoms in total. The first kappa shape index (κ1) is 22.2. The molecule has 0 saturated heterocycles. The molecule has 2 N–H and O–H groups in total. The van der Waals surface area contributed by atoms with Crippen LogP contribution in [0.3, 0.4) is 0 Å². The third-order valence-corrected chi connectivity index (χ3v) is 5.26. The first-order valence-corrected chi connectivity index (χ1v) is 9.74. The minimum absolute atomic E-state index is 0.0515. The Morgan fingerprint density at radius 3 is 2.71 bits per heavy atom. The number of likely N-dealkylation sites (N-methyl/N-ethyl adjacent to an activating group) is 1. The van der Waals surface area contributed by atoms with Crippen LogP contribution in [-0.4, -0.2) is 53.1 Å². The monoisotopic (exact) mass is 424 g/mol. The number of carbonyl (C=O) groups is 1. The number of ketones is 1. The van der Waals surface area contributed by atoms with E-state index < -0.39 is 10.7 Å². The lowest BCUT2D eigenvalue weighted by atomic mass is 9.90. The summed E-state index contributed by atoms with van der Waals surface area (Å²) in [7, 11) is 3.35. The van der Waals surface area contributed by atoms with Crippen molar-refractivity contribution in [2.75, 3.05) is 27.2 Å². The smallest absolute Gasteiger partial charge is 0.276 e. The molecule has 0 aliphatic carbocycles. The molecule has 0 amide bonds. The Kier molecular flexibility index (Phi) is 6.84. The molecule has 0 fully saturated rings. The van der Waals surface area contributed by atoms with Gasteiger partial charge in [-0.1, -0.05) is 18.2 Å². The summed E-state index contributed by atoms with van der Waals surface area (Å²) in [5.74, 6) is -0.709. The van der Waals surface area contributed by atoms with Crippen molar-refractivity contribution in [3.8, 4) is 11.5 Å². The molecule has 0 radical (unpaired) electrons. The summed E-state index contributed by atoms with van der Waals surface area (Å²) in [4.78, 5) is 25.8. The predicted octanol–water partition coefficient (Wildman–Crippen LogP) is 3.42. The van der Waals surface area contributed by atoms with Gasteiger partial charge in [0, 0.05) is 24.7 Å². The van der Waals surface area contributed by atoms with Crippen LogP contribution in [0.15, 0.2) is 42.5 Å². The Labute approximate surface area is 179 Å². The maximum Gasteiger partial charge on any atom is 0.276 e. The number of methoxy groups -OCH3 is 1. The van der Waals surface area contributed by atoms with Crippen LogP contribution in [0.4, 0.5) is 5.69 Å². The summed E-state index contributed by atoms with van der Waals surface area (Å²) in [5, 5.41) is 32.1. The average Bonchev–Trinajstić information content (AvgIpc) is 2.77. The van der Waals surface area contributed by atoms with Gasteiger partial charge in [-0.2, -0.15) is 0 Å². The number of phenolic OH excluding ortho intramolecular Hbond substituents is 1. The van der Waals surface area contributed by atoms with Gasteiger partial charge in [-0.3, -0.25) is 14.9 Å². The first-order chi connectivity index (χ1) is 14.9. The molecule has 0 atom stereocenters. The molecule has 0 bridgehead atoms. The Morgan fingerprint density at radius 2 is 2.10 bits per heavy atom. The van der Waals surface area contributed by atoms with Crippen molar-refractivity contribution in [3.63, 3.8) is 0 Å². The SMILES string of the molecule is COc1cc(CO)c(C2=CCN(C)CC2)c(O)c1C(=O)/C=C/c1ccccc1[N+](=O)[O-]. The molecule has 1 aliphatic heterocycles. The predicted molar refractivity (Wildman–Crippen MR) is 117 cm³/mol. The summed E-state index contributed by atoms with van der Waals surface area (Å²) in [6, 6.07) is 7.60. The van der Waals surface area contributed by atoms with Crippen molar-refractivity contribution in [3.05, 3.63) is 74.9 Å². The number of hydrogen-bond acceptors (Lipinski definition) is 7. The van der Waals surface area contributed by atoms with Crippen LogP contribution >= 0.6 is 0 Å². The summed E-state index contributed by atoms with van der Waals surface area (Å²) >= 11 is 0. The van der Waals surface area contributed by atoms with Gasteiger partial charge in [0.25, 0.3) is 5.69 Å². The number of benzene rings is 2. The number of nitro benzene ring substituents is 1. The van der Waals surface area contributed by atoms with E-state index in [-0.39, 0.29) is 34.9 Å². The third-order valence-electron chi connectivity index (χ3n) is 5.26. The molecule has 2 aromatic rings. The molecule has 0 saturated carbocycles. The highest BCUT2D eigenvalue weighted by molar-refractivity contribution is 6.11. The number of para-hydroxylation sites is 1. The molecular weight excluding hydrogens is 400 g/mol. The lowest BCUT2D eigenvalue weighted by Gasteiger charge is -2.25. The Hall–Kier alpha value is -3.49. The topological polar surface area (TPSA) is 113 Å². The van der Waals surface area contributed by atoms with Crippen molar-refractivity contribution in [2.45, 2.75) is 13.0 Å². The minimum Gasteiger partial charge on any atom is -0.506 e. The fourth-order valence-electron chi connectivity index (χ4n) is 3.62. The second-order valence-corrected chi connectivity index (χ2v) is 7.25. The quantitative estimate of drug-likeness (QED) is 0.303. The lowest BCUT2D eigenvalue weighted by molar-refractivity contribution is -0.385. The van der Waals surface area contributed by atoms with Crippen LogP contribution in [0.2, 0.25) is 0 Å². The van der Waals surface area contributed by atoms with Gasteiger partial charge in [-0.25, -0.2) is 0 Å². The zero-order chi connectivity index (χ0) is 22.5. The second-order valence-electron chi connectivity index (χ2n) is 7.25. The Balaban J connectivity index is 2.07. The van der Waals surface area contributed by atoms with Gasteiger partial charge in [0.1, 0.15) is 17.1 Å². The van der Waals surface area contributed by atoms with Crippen LogP contribution in [-0.2, 0) is 6.61 Å². The fraction of sp³-hybridized carbons (Fsp3) is 0.261. The van der Waals surface area contributed by atoms with Crippen molar-refractivity contribution in [2.24, 2.45) is 0 Å². The molecule has 0 aromatic heterocycles. The van der Waals surface area contributed by atoms with E-state index in [4.69, 9.17) is 4.74 Å². The van der Waals surface area contributed by atoms with Gasteiger partial charge in [0.15, 0.2) is 5.78 Å². The zero-order valence-corrected chi connectivity index (χ0v) is 17.4. The number of aliphatic hydroxyl groups excluding tert-OH is 1. The Morgan fingerprint density at radius 1 is 1.35 bits per heavy atom. The van der Waals surface area contributed by atoms with E-state index in [1.807, 2.05) is 13.1 Å². The molecule has 1 aliphatic rings. The van der Waals surface area contributed by atoms with Crippen LogP contribution < -0.4 is 4.74 Å². The van der Waals surface area contributed by atoms with Gasteiger partial charge < -0.3 is 19.8 Å². The van der Waals surface area contributed by atoms with E-state index in [1.54, 1.807) is 18.2 Å². The standard InChI is InChI=1S/C23H24N2O6/c1-24-11-9-16(10-12-24)21-17(14-26)13-20(31-2)22(23(21)28)19(27)8-7-15-5-3-4-6-18(15)25(29)30/h3-9,13,26,28H,10-12,14H2,1-2H3/b8-7+. The highest BCUT2D eigenvalue weighted by Crippen LogP contribution is 2.40. The summed E-state index contributed by atoms with van der Waals surface area (Å²) in [6.07, 6.45) is 5.13. The maximum atomic E-state index is 13.0. The van der Waals surface area contributed by atoms with Crippen LogP contribution in [0.5, 0.6) is 11.5 Å². The molecular formula is C23H24N2O6. The highest BCUT2D eigenvalue weighted by Gasteiger charge is 2.25. The largest absolute Gasteiger partial charge is 0.506 e. The summed E-state index contributed by atoms with van der Waals surface area (Å²) in [6.45, 7) is 1.14. The number of allylic oxidation sites excluding steroid dienone is 1. The second kappa shape index (κ2) is 9.55. The van der Waals surface area contributed by atoms with Gasteiger partial charge >= 0.3 is 0 Å². The summed E-state index contributed by atoms with van der Waals surface area (Å²) < 4.78 is 5.30. The van der Waals surface area contributed by atoms with Crippen molar-refractivity contribution < 1.29 is 24.7 Å². The van der Waals surface area contributed by atoms with E-state index in [1.165, 1.54) is 31.4 Å². The van der Waals surface area contributed by atoms with Crippen LogP contribution in [0.1, 0.15) is 33.5 Å².